The molecule has 0 aliphatic carbocycles. The molecule has 1 aliphatic rings. The van der Waals surface area contributed by atoms with E-state index in [4.69, 9.17) is 31.1 Å². The van der Waals surface area contributed by atoms with Crippen LogP contribution in [0.4, 0.5) is 10.2 Å². The molecule has 2 aromatic heterocycles. The second kappa shape index (κ2) is 22.9. The number of fused-ring (bicyclic) bond motifs is 1. The van der Waals surface area contributed by atoms with Crippen molar-refractivity contribution in [3.8, 4) is 5.75 Å². The third-order valence-electron chi connectivity index (χ3n) is 8.05. The number of aliphatic hydroxyl groups excluding tert-OH is 1. The van der Waals surface area contributed by atoms with Crippen LogP contribution in [0.25, 0.3) is 11.2 Å². The smallest absolute Gasteiger partial charge is 0.413 e. The van der Waals surface area contributed by atoms with Crippen molar-refractivity contribution < 1.29 is 32.6 Å². The predicted octanol–water partition coefficient (Wildman–Crippen LogP) is 7.49. The first kappa shape index (κ1) is 42.6. The van der Waals surface area contributed by atoms with E-state index in [9.17, 15) is 14.5 Å². The van der Waals surface area contributed by atoms with Crippen LogP contribution in [0.2, 0.25) is 5.28 Å². The number of nitrogens with two attached hydrogens (primary N) is 1. The summed E-state index contributed by atoms with van der Waals surface area (Å²) in [5.74, 6) is 0.104. The summed E-state index contributed by atoms with van der Waals surface area (Å²) in [5.41, 5.74) is 6.16. The van der Waals surface area contributed by atoms with E-state index >= 15 is 4.39 Å². The zero-order valence-corrected chi connectivity index (χ0v) is 32.0. The molecule has 4 rings (SSSR count). The normalized spacial score (nSPS) is 20.4. The van der Waals surface area contributed by atoms with Gasteiger partial charge in [0.05, 0.1) is 12.9 Å². The number of aromatic nitrogens is 4. The van der Waals surface area contributed by atoms with Crippen molar-refractivity contribution in [2.75, 3.05) is 25.4 Å². The van der Waals surface area contributed by atoms with E-state index in [-0.39, 0.29) is 47.0 Å². The van der Waals surface area contributed by atoms with Crippen LogP contribution in [0, 0.1) is 0 Å². The number of ether oxygens (including phenoxy) is 1. The lowest BCUT2D eigenvalue weighted by atomic mass is 10.1. The van der Waals surface area contributed by atoms with Crippen LogP contribution in [0.1, 0.15) is 64.5 Å². The highest BCUT2D eigenvalue weighted by Crippen LogP contribution is 2.45. The Bertz CT molecular complexity index is 1800. The van der Waals surface area contributed by atoms with Crippen LogP contribution in [0.15, 0.2) is 97.4 Å². The number of benzene rings is 1. The van der Waals surface area contributed by atoms with Gasteiger partial charge in [0.15, 0.2) is 23.9 Å². The van der Waals surface area contributed by atoms with Gasteiger partial charge in [0, 0.05) is 19.5 Å². The number of aliphatic hydroxyl groups is 1. The summed E-state index contributed by atoms with van der Waals surface area (Å²) in [7, 11) is -4.10. The number of hydrogen-bond acceptors (Lipinski definition) is 10. The largest absolute Gasteiger partial charge is 0.458 e. The van der Waals surface area contributed by atoms with E-state index < -0.39 is 39.0 Å². The molecule has 3 heterocycles. The summed E-state index contributed by atoms with van der Waals surface area (Å²) in [6.07, 6.45) is 23.1. The molecule has 1 amide bonds. The van der Waals surface area contributed by atoms with E-state index in [0.717, 1.165) is 38.5 Å². The third-order valence-corrected chi connectivity index (χ3v) is 9.77. The molecule has 1 saturated heterocycles. The van der Waals surface area contributed by atoms with Gasteiger partial charge in [-0.2, -0.15) is 9.97 Å². The highest BCUT2D eigenvalue weighted by molar-refractivity contribution is 7.52. The molecule has 5 atom stereocenters. The molecular weight excluding hydrogens is 736 g/mol. The first-order valence-corrected chi connectivity index (χ1v) is 20.0. The van der Waals surface area contributed by atoms with Gasteiger partial charge in [0.25, 0.3) is 0 Å². The topological polar surface area (TPSA) is 176 Å². The Morgan fingerprint density at radius 3 is 2.33 bits per heavy atom. The fourth-order valence-electron chi connectivity index (χ4n) is 5.29. The van der Waals surface area contributed by atoms with E-state index in [1.807, 2.05) is 0 Å². The van der Waals surface area contributed by atoms with Crippen LogP contribution in [0.3, 0.4) is 0 Å². The van der Waals surface area contributed by atoms with Gasteiger partial charge in [0.1, 0.15) is 23.5 Å². The van der Waals surface area contributed by atoms with Gasteiger partial charge in [-0.05, 0) is 68.7 Å². The van der Waals surface area contributed by atoms with Crippen LogP contribution < -0.4 is 20.7 Å². The lowest BCUT2D eigenvalue weighted by Crippen LogP contribution is -2.34. The maximum Gasteiger partial charge on any atom is 0.458 e. The molecule has 1 fully saturated rings. The molecule has 13 nitrogen and oxygen atoms in total. The summed E-state index contributed by atoms with van der Waals surface area (Å²) in [6, 6.07) is 8.33. The number of alkyl halides is 1. The molecule has 1 aliphatic heterocycles. The Morgan fingerprint density at radius 1 is 1.02 bits per heavy atom. The summed E-state index contributed by atoms with van der Waals surface area (Å²) >= 11 is 5.94. The van der Waals surface area contributed by atoms with Crippen molar-refractivity contribution in [1.82, 2.24) is 29.9 Å². The Hall–Kier alpha value is -4.17. The number of unbranched alkanes of at least 4 members (excludes halogenated alkanes) is 1. The Morgan fingerprint density at radius 2 is 1.67 bits per heavy atom. The van der Waals surface area contributed by atoms with Gasteiger partial charge in [0.2, 0.25) is 11.2 Å². The zero-order valence-electron chi connectivity index (χ0n) is 30.4. The van der Waals surface area contributed by atoms with E-state index in [1.54, 1.807) is 30.3 Å². The molecule has 3 aromatic rings. The van der Waals surface area contributed by atoms with Crippen molar-refractivity contribution in [1.29, 1.82) is 0 Å². The lowest BCUT2D eigenvalue weighted by Gasteiger charge is -2.22. The monoisotopic (exact) mass is 785 g/mol. The van der Waals surface area contributed by atoms with Crippen LogP contribution >= 0.6 is 19.3 Å². The Labute approximate surface area is 320 Å². The van der Waals surface area contributed by atoms with Gasteiger partial charge in [-0.25, -0.2) is 19.0 Å². The molecule has 0 bridgehead atoms. The SMILES string of the molecule is CC/C=C\C/C=C\C/C=C\C/C=C\C/C=C\CCCC(=O)NCCNP(=O)(OC[C@H]1OC(n2cnc3c(N)nc(Cl)nc32)[C@@H](F)[C@@H]1O)Oc1ccccc1. The maximum atomic E-state index is 15.3. The highest BCUT2D eigenvalue weighted by atomic mass is 35.5. The van der Waals surface area contributed by atoms with Crippen molar-refractivity contribution in [2.24, 2.45) is 0 Å². The quantitative estimate of drug-likeness (QED) is 0.0324. The lowest BCUT2D eigenvalue weighted by molar-refractivity contribution is -0.121. The number of nitrogens with zero attached hydrogens (tertiary/aromatic N) is 4. The number of rotatable bonds is 23. The molecule has 5 N–H and O–H groups in total. The van der Waals surface area contributed by atoms with Crippen molar-refractivity contribution >= 4 is 42.2 Å². The van der Waals surface area contributed by atoms with Crippen LogP contribution in [0.5, 0.6) is 5.75 Å². The number of nitrogens with one attached hydrogen (secondary N) is 2. The fourth-order valence-corrected chi connectivity index (χ4v) is 6.80. The predicted molar refractivity (Wildman–Crippen MR) is 210 cm³/mol. The number of halogens is 2. The molecule has 0 radical (unpaired) electrons. The third kappa shape index (κ3) is 13.9. The minimum absolute atomic E-state index is 0.000175. The molecular formula is C38H50ClFN7O6P. The van der Waals surface area contributed by atoms with E-state index in [0.29, 0.717) is 12.8 Å². The number of carbonyl (C=O) groups is 1. The first-order valence-electron chi connectivity index (χ1n) is 18.1. The molecule has 292 valence electrons. The molecule has 0 spiro atoms. The van der Waals surface area contributed by atoms with Crippen molar-refractivity contribution in [3.05, 3.63) is 103 Å². The average molecular weight is 786 g/mol. The fraction of sp³-hybridized carbons (Fsp3) is 0.421. The van der Waals surface area contributed by atoms with E-state index in [1.165, 1.54) is 10.9 Å². The van der Waals surface area contributed by atoms with Gasteiger partial charge < -0.3 is 25.4 Å². The van der Waals surface area contributed by atoms with Crippen LogP contribution in [-0.4, -0.2) is 68.6 Å². The molecule has 0 saturated carbocycles. The van der Waals surface area contributed by atoms with Crippen LogP contribution in [-0.2, 0) is 18.6 Å². The van der Waals surface area contributed by atoms with Gasteiger partial charge in [-0.1, -0.05) is 85.9 Å². The number of imidazole rings is 1. The highest BCUT2D eigenvalue weighted by Gasteiger charge is 2.47. The first-order chi connectivity index (χ1) is 26.2. The molecule has 2 unspecified atom stereocenters. The Kier molecular flexibility index (Phi) is 18.1. The second-order valence-electron chi connectivity index (χ2n) is 12.3. The van der Waals surface area contributed by atoms with Gasteiger partial charge in [-0.3, -0.25) is 13.9 Å². The van der Waals surface area contributed by atoms with Crippen molar-refractivity contribution in [3.63, 3.8) is 0 Å². The number of anilines is 1. The van der Waals surface area contributed by atoms with E-state index in [2.05, 4.69) is 93.0 Å². The standard InChI is InChI=1S/C38H50ClFN7O6P/c1-2-3-4-5-6-7-8-9-10-11-12-13-14-15-16-17-21-24-31(48)42-25-26-44-54(50,53-29-22-19-18-20-23-29)51-27-30-34(49)32(40)37(52-30)47-28-43-33-35(41)45-38(39)46-36(33)47/h3-4,6-7,9-10,12-13,15-16,18-20,22-23,28,30,32,34,37,49H,2,5,8,11,14,17,21,24-27H2,1H3,(H,42,48)(H,44,50)(H2,41,45,46)/b4-3-,7-6-,10-9-,13-12-,16-15-/t30-,32+,34-,37?,54?/m1/s1. The minimum Gasteiger partial charge on any atom is -0.413 e. The number of nitrogen functional groups attached to an aromatic ring is 1. The molecule has 1 aromatic carbocycles. The molecule has 16 heteroatoms. The maximum absolute atomic E-state index is 15.3. The summed E-state index contributed by atoms with van der Waals surface area (Å²) < 4.78 is 47.5. The zero-order chi connectivity index (χ0) is 38.6. The average Bonchev–Trinajstić information content (AvgIpc) is 3.70. The van der Waals surface area contributed by atoms with Crippen molar-refractivity contribution in [2.45, 2.75) is 82.9 Å². The summed E-state index contributed by atoms with van der Waals surface area (Å²) in [6.45, 7) is 1.81. The summed E-state index contributed by atoms with van der Waals surface area (Å²) in [5, 5.41) is 16.0. The number of allylic oxidation sites excluding steroid dienone is 10. The number of amides is 1. The molecule has 54 heavy (non-hydrogen) atoms. The van der Waals surface area contributed by atoms with Gasteiger partial charge in [-0.15, -0.1) is 0 Å². The minimum atomic E-state index is -4.10. The number of para-hydroxylation sites is 1. The Balaban J connectivity index is 1.16. The number of hydrogen-bond donors (Lipinski definition) is 4. The van der Waals surface area contributed by atoms with Gasteiger partial charge >= 0.3 is 7.75 Å². The second-order valence-corrected chi connectivity index (χ2v) is 14.3. The number of carbonyl (C=O) groups excluding carboxylic acids is 1. The summed E-state index contributed by atoms with van der Waals surface area (Å²) in [4.78, 5) is 24.4.